The molecule has 0 aliphatic heterocycles. The van der Waals surface area contributed by atoms with E-state index in [0.29, 0.717) is 19.3 Å². The lowest BCUT2D eigenvalue weighted by atomic mass is 10.0. The zero-order chi connectivity index (χ0) is 57.1. The van der Waals surface area contributed by atoms with E-state index in [0.717, 1.165) is 122 Å². The summed E-state index contributed by atoms with van der Waals surface area (Å²) in [5.74, 6) is -0.992. The standard InChI is InChI=1S/C73H120O6/c1-4-7-10-13-16-19-22-25-28-31-32-33-34-35-36-37-38-39-40-43-45-48-51-54-57-60-63-66-72(75)78-69-70(79-73(76)67-64-61-58-55-52-49-46-42-30-27-24-21-18-15-12-9-6-3)68-77-71(74)65-62-59-56-53-50-47-44-41-29-26-23-20-17-14-11-8-5-2/h8-9,11-12,17-18,20-22,25-27,29-32,44,46-47,49,55,58,70H,4-7,10,13-16,19,23-24,28,33-43,45,48,50-54,56-57,59-69H2,1-3H3/b11-8-,12-9-,20-17-,21-18-,25-22-,29-26-,30-27-,32-31-,47-44-,49-46-,58-55-. The SMILES string of the molecule is CC/C=C\C/C=C\C/C=C\C/C=C\C/C=C\CCCC(=O)OC(COC(=O)CCCCCC/C=C\C/C=C\C/C=C\C/C=C\CC)COC(=O)CCCCCCCCCCCCCCCCC/C=C\C/C=C\CCCCCCC. The van der Waals surface area contributed by atoms with Gasteiger partial charge in [0.05, 0.1) is 0 Å². The summed E-state index contributed by atoms with van der Waals surface area (Å²) in [6.45, 7) is 6.35. The summed E-state index contributed by atoms with van der Waals surface area (Å²) in [5.41, 5.74) is 0. The quantitative estimate of drug-likeness (QED) is 0.0261. The summed E-state index contributed by atoms with van der Waals surface area (Å²) in [4.78, 5) is 38.3. The number of ether oxygens (including phenoxy) is 3. The predicted octanol–water partition coefficient (Wildman–Crippen LogP) is 22.5. The summed E-state index contributed by atoms with van der Waals surface area (Å²) in [5, 5.41) is 0. The lowest BCUT2D eigenvalue weighted by Crippen LogP contribution is -2.30. The van der Waals surface area contributed by atoms with E-state index < -0.39 is 6.10 Å². The molecule has 0 aliphatic carbocycles. The minimum Gasteiger partial charge on any atom is -0.462 e. The van der Waals surface area contributed by atoms with Gasteiger partial charge in [0.1, 0.15) is 13.2 Å². The van der Waals surface area contributed by atoms with Crippen LogP contribution in [0.15, 0.2) is 134 Å². The topological polar surface area (TPSA) is 78.9 Å². The van der Waals surface area contributed by atoms with Crippen LogP contribution in [0.5, 0.6) is 0 Å². The fraction of sp³-hybridized carbons (Fsp3) is 0.658. The van der Waals surface area contributed by atoms with Gasteiger partial charge in [-0.2, -0.15) is 0 Å². The molecule has 0 aromatic heterocycles. The first-order valence-electron chi connectivity index (χ1n) is 32.7. The average Bonchev–Trinajstić information content (AvgIpc) is 3.45. The highest BCUT2D eigenvalue weighted by Crippen LogP contribution is 2.16. The molecule has 0 aliphatic rings. The Balaban J connectivity index is 4.40. The highest BCUT2D eigenvalue weighted by molar-refractivity contribution is 5.71. The van der Waals surface area contributed by atoms with Crippen molar-refractivity contribution in [1.82, 2.24) is 0 Å². The second-order valence-corrected chi connectivity index (χ2v) is 21.3. The summed E-state index contributed by atoms with van der Waals surface area (Å²) < 4.78 is 16.9. The second-order valence-electron chi connectivity index (χ2n) is 21.3. The zero-order valence-corrected chi connectivity index (χ0v) is 51.3. The van der Waals surface area contributed by atoms with Crippen LogP contribution in [0, 0.1) is 0 Å². The minimum absolute atomic E-state index is 0.112. The fourth-order valence-electron chi connectivity index (χ4n) is 8.79. The second kappa shape index (κ2) is 66.1. The first kappa shape index (κ1) is 74.5. The maximum absolute atomic E-state index is 12.9. The molecular formula is C73H120O6. The van der Waals surface area contributed by atoms with Crippen molar-refractivity contribution in [2.75, 3.05) is 13.2 Å². The van der Waals surface area contributed by atoms with Crippen molar-refractivity contribution < 1.29 is 28.6 Å². The minimum atomic E-state index is -0.824. The molecule has 0 heterocycles. The molecule has 6 heteroatoms. The van der Waals surface area contributed by atoms with E-state index in [4.69, 9.17) is 14.2 Å². The van der Waals surface area contributed by atoms with E-state index in [9.17, 15) is 14.4 Å². The summed E-state index contributed by atoms with van der Waals surface area (Å²) in [7, 11) is 0. The number of hydrogen-bond donors (Lipinski definition) is 0. The smallest absolute Gasteiger partial charge is 0.306 e. The van der Waals surface area contributed by atoms with E-state index in [1.807, 2.05) is 0 Å². The molecule has 0 saturated carbocycles. The van der Waals surface area contributed by atoms with Gasteiger partial charge in [0.2, 0.25) is 0 Å². The monoisotopic (exact) mass is 1090 g/mol. The zero-order valence-electron chi connectivity index (χ0n) is 51.3. The molecule has 0 rings (SSSR count). The molecule has 0 amide bonds. The molecule has 0 spiro atoms. The van der Waals surface area contributed by atoms with Crippen molar-refractivity contribution in [1.29, 1.82) is 0 Å². The Labute approximate surface area is 487 Å². The summed E-state index contributed by atoms with van der Waals surface area (Å²) in [6, 6.07) is 0. The van der Waals surface area contributed by atoms with Crippen LogP contribution in [0.1, 0.15) is 290 Å². The normalized spacial score (nSPS) is 13.0. The van der Waals surface area contributed by atoms with E-state index in [1.54, 1.807) is 0 Å². The third kappa shape index (κ3) is 64.3. The van der Waals surface area contributed by atoms with Crippen LogP contribution in [-0.4, -0.2) is 37.2 Å². The van der Waals surface area contributed by atoms with Crippen LogP contribution < -0.4 is 0 Å². The third-order valence-electron chi connectivity index (χ3n) is 13.6. The molecule has 0 N–H and O–H groups in total. The number of carbonyl (C=O) groups excluding carboxylic acids is 3. The number of hydrogen-bond acceptors (Lipinski definition) is 6. The highest BCUT2D eigenvalue weighted by Gasteiger charge is 2.19. The first-order chi connectivity index (χ1) is 39.0. The molecule has 0 fully saturated rings. The van der Waals surface area contributed by atoms with Gasteiger partial charge in [-0.05, 0) is 128 Å². The molecule has 0 aromatic carbocycles. The molecular weight excluding hydrogens is 973 g/mol. The van der Waals surface area contributed by atoms with Crippen LogP contribution in [0.4, 0.5) is 0 Å². The van der Waals surface area contributed by atoms with Crippen molar-refractivity contribution in [3.05, 3.63) is 134 Å². The first-order valence-corrected chi connectivity index (χ1v) is 32.7. The van der Waals surface area contributed by atoms with Crippen LogP contribution in [-0.2, 0) is 28.6 Å². The predicted molar refractivity (Wildman–Crippen MR) is 343 cm³/mol. The molecule has 448 valence electrons. The van der Waals surface area contributed by atoms with Crippen LogP contribution in [0.25, 0.3) is 0 Å². The average molecular weight is 1090 g/mol. The van der Waals surface area contributed by atoms with Crippen molar-refractivity contribution in [3.63, 3.8) is 0 Å². The van der Waals surface area contributed by atoms with Gasteiger partial charge in [-0.25, -0.2) is 0 Å². The number of esters is 3. The lowest BCUT2D eigenvalue weighted by molar-refractivity contribution is -0.167. The number of allylic oxidation sites excluding steroid dienone is 22. The van der Waals surface area contributed by atoms with Gasteiger partial charge in [-0.1, -0.05) is 276 Å². The number of rotatable bonds is 58. The highest BCUT2D eigenvalue weighted by atomic mass is 16.6. The van der Waals surface area contributed by atoms with Crippen molar-refractivity contribution >= 4 is 17.9 Å². The van der Waals surface area contributed by atoms with Gasteiger partial charge in [0.25, 0.3) is 0 Å². The van der Waals surface area contributed by atoms with Crippen molar-refractivity contribution in [2.45, 2.75) is 297 Å². The largest absolute Gasteiger partial charge is 0.462 e. The molecule has 6 nitrogen and oxygen atoms in total. The Kier molecular flexibility index (Phi) is 62.3. The Morgan fingerprint density at radius 1 is 0.266 bits per heavy atom. The Morgan fingerprint density at radius 2 is 0.506 bits per heavy atom. The van der Waals surface area contributed by atoms with E-state index in [1.165, 1.54) is 122 Å². The van der Waals surface area contributed by atoms with Gasteiger partial charge in [-0.15, -0.1) is 0 Å². The maximum atomic E-state index is 12.9. The molecule has 79 heavy (non-hydrogen) atoms. The van der Waals surface area contributed by atoms with Gasteiger partial charge in [0, 0.05) is 19.3 Å². The Bertz CT molecular complexity index is 1680. The Morgan fingerprint density at radius 3 is 0.810 bits per heavy atom. The van der Waals surface area contributed by atoms with Gasteiger partial charge in [0.15, 0.2) is 6.10 Å². The van der Waals surface area contributed by atoms with Gasteiger partial charge >= 0.3 is 17.9 Å². The summed E-state index contributed by atoms with van der Waals surface area (Å²) in [6.07, 6.45) is 93.3. The van der Waals surface area contributed by atoms with E-state index in [2.05, 4.69) is 154 Å². The molecule has 0 aromatic rings. The van der Waals surface area contributed by atoms with Gasteiger partial charge in [-0.3, -0.25) is 14.4 Å². The third-order valence-corrected chi connectivity index (χ3v) is 13.6. The molecule has 1 atom stereocenters. The van der Waals surface area contributed by atoms with E-state index >= 15 is 0 Å². The van der Waals surface area contributed by atoms with Crippen molar-refractivity contribution in [2.24, 2.45) is 0 Å². The summed E-state index contributed by atoms with van der Waals surface area (Å²) >= 11 is 0. The molecule has 0 radical (unpaired) electrons. The van der Waals surface area contributed by atoms with E-state index in [-0.39, 0.29) is 37.5 Å². The van der Waals surface area contributed by atoms with Crippen LogP contribution in [0.3, 0.4) is 0 Å². The fourth-order valence-corrected chi connectivity index (χ4v) is 8.79. The van der Waals surface area contributed by atoms with Crippen LogP contribution in [0.2, 0.25) is 0 Å². The maximum Gasteiger partial charge on any atom is 0.306 e. The van der Waals surface area contributed by atoms with Crippen LogP contribution >= 0.6 is 0 Å². The molecule has 0 saturated heterocycles. The Hall–Kier alpha value is -4.45. The van der Waals surface area contributed by atoms with Crippen molar-refractivity contribution in [3.8, 4) is 0 Å². The lowest BCUT2D eigenvalue weighted by Gasteiger charge is -2.18. The number of carbonyl (C=O) groups is 3. The number of unbranched alkanes of at least 4 members (excludes halogenated alkanes) is 25. The van der Waals surface area contributed by atoms with Gasteiger partial charge < -0.3 is 14.2 Å². The molecule has 1 unspecified atom stereocenters. The molecule has 0 bridgehead atoms.